The van der Waals surface area contributed by atoms with Crippen molar-refractivity contribution >= 4 is 15.7 Å². The molecule has 1 N–H and O–H groups in total. The van der Waals surface area contributed by atoms with E-state index >= 15 is 0 Å². The molecule has 1 saturated heterocycles. The van der Waals surface area contributed by atoms with Crippen molar-refractivity contribution in [3.8, 4) is 11.5 Å². The Bertz CT molecular complexity index is 923. The highest BCUT2D eigenvalue weighted by molar-refractivity contribution is 7.91. The molecule has 1 amide bonds. The van der Waals surface area contributed by atoms with Gasteiger partial charge in [0.2, 0.25) is 5.91 Å². The molecule has 2 atom stereocenters. The molecule has 1 fully saturated rings. The summed E-state index contributed by atoms with van der Waals surface area (Å²) in [4.78, 5) is 12.7. The van der Waals surface area contributed by atoms with Crippen molar-refractivity contribution in [2.24, 2.45) is 5.92 Å². The van der Waals surface area contributed by atoms with E-state index in [-0.39, 0.29) is 35.8 Å². The fourth-order valence-electron chi connectivity index (χ4n) is 3.63. The topological polar surface area (TPSA) is 81.7 Å². The minimum atomic E-state index is -2.99. The number of hydrogen-bond acceptors (Lipinski definition) is 5. The number of amides is 1. The largest absolute Gasteiger partial charge is 0.497 e. The van der Waals surface area contributed by atoms with Crippen LogP contribution < -0.4 is 14.8 Å². The molecule has 1 aliphatic rings. The molecule has 0 bridgehead atoms. The Morgan fingerprint density at radius 2 is 1.62 bits per heavy atom. The summed E-state index contributed by atoms with van der Waals surface area (Å²) < 4.78 is 33.8. The fraction of sp³-hybridized carbons (Fsp3) is 0.409. The Morgan fingerprint density at radius 3 is 2.14 bits per heavy atom. The summed E-state index contributed by atoms with van der Waals surface area (Å²) in [7, 11) is 0.246. The molecule has 3 rings (SSSR count). The summed E-state index contributed by atoms with van der Waals surface area (Å²) in [6.07, 6.45) is 1.40. The standard InChI is InChI=1S/C22H27NO5S/c1-27-19-7-3-16(4-8-19)13-21(18-5-9-20(28-2)10-6-18)23-22(24)14-17-11-12-29(25,26)15-17/h3-10,17,21H,11-15H2,1-2H3,(H,23,24)/t17-,21+/m0/s1. The van der Waals surface area contributed by atoms with Gasteiger partial charge in [-0.1, -0.05) is 24.3 Å². The van der Waals surface area contributed by atoms with Crippen molar-refractivity contribution in [2.45, 2.75) is 25.3 Å². The number of ether oxygens (including phenoxy) is 2. The first-order valence-corrected chi connectivity index (χ1v) is 11.5. The number of nitrogens with one attached hydrogen (secondary N) is 1. The maximum atomic E-state index is 12.7. The van der Waals surface area contributed by atoms with Gasteiger partial charge in [0.05, 0.1) is 31.8 Å². The van der Waals surface area contributed by atoms with Crippen molar-refractivity contribution in [1.82, 2.24) is 5.32 Å². The van der Waals surface area contributed by atoms with Gasteiger partial charge in [0.15, 0.2) is 9.84 Å². The van der Waals surface area contributed by atoms with Crippen LogP contribution >= 0.6 is 0 Å². The second kappa shape index (κ2) is 9.31. The zero-order valence-electron chi connectivity index (χ0n) is 16.8. The van der Waals surface area contributed by atoms with E-state index in [2.05, 4.69) is 5.32 Å². The van der Waals surface area contributed by atoms with Crippen LogP contribution in [0.4, 0.5) is 0 Å². The molecular formula is C22H27NO5S. The molecular weight excluding hydrogens is 390 g/mol. The Balaban J connectivity index is 1.73. The molecule has 2 aromatic rings. The van der Waals surface area contributed by atoms with Gasteiger partial charge < -0.3 is 14.8 Å². The van der Waals surface area contributed by atoms with E-state index in [9.17, 15) is 13.2 Å². The van der Waals surface area contributed by atoms with Crippen LogP contribution in [-0.4, -0.2) is 40.1 Å². The minimum Gasteiger partial charge on any atom is -0.497 e. The van der Waals surface area contributed by atoms with Crippen LogP contribution in [0, 0.1) is 5.92 Å². The van der Waals surface area contributed by atoms with Crippen molar-refractivity contribution in [3.05, 3.63) is 59.7 Å². The predicted octanol–water partition coefficient (Wildman–Crippen LogP) is 2.93. The highest BCUT2D eigenvalue weighted by Crippen LogP contribution is 2.25. The summed E-state index contributed by atoms with van der Waals surface area (Å²) in [6, 6.07) is 15.1. The van der Waals surface area contributed by atoms with Crippen LogP contribution in [-0.2, 0) is 21.1 Å². The van der Waals surface area contributed by atoms with Gasteiger partial charge in [0.1, 0.15) is 11.5 Å². The zero-order chi connectivity index (χ0) is 20.9. The molecule has 1 heterocycles. The predicted molar refractivity (Wildman–Crippen MR) is 112 cm³/mol. The summed E-state index contributed by atoms with van der Waals surface area (Å²) in [5, 5.41) is 3.10. The van der Waals surface area contributed by atoms with E-state index < -0.39 is 9.84 Å². The molecule has 6 nitrogen and oxygen atoms in total. The molecule has 0 aliphatic carbocycles. The lowest BCUT2D eigenvalue weighted by atomic mass is 9.97. The highest BCUT2D eigenvalue weighted by atomic mass is 32.2. The molecule has 1 aliphatic heterocycles. The number of methoxy groups -OCH3 is 2. The Labute approximate surface area is 172 Å². The third-order valence-corrected chi connectivity index (χ3v) is 7.09. The summed E-state index contributed by atoms with van der Waals surface area (Å²) >= 11 is 0. The average molecular weight is 418 g/mol. The van der Waals surface area contributed by atoms with E-state index in [4.69, 9.17) is 9.47 Å². The number of carbonyl (C=O) groups is 1. The monoisotopic (exact) mass is 417 g/mol. The zero-order valence-corrected chi connectivity index (χ0v) is 17.6. The van der Waals surface area contributed by atoms with Crippen LogP contribution in [0.15, 0.2) is 48.5 Å². The first kappa shape index (κ1) is 21.2. The van der Waals surface area contributed by atoms with Crippen LogP contribution in [0.5, 0.6) is 11.5 Å². The van der Waals surface area contributed by atoms with E-state index in [0.717, 1.165) is 22.6 Å². The van der Waals surface area contributed by atoms with Gasteiger partial charge in [-0.15, -0.1) is 0 Å². The van der Waals surface area contributed by atoms with E-state index in [1.54, 1.807) is 14.2 Å². The van der Waals surface area contributed by atoms with Gasteiger partial charge in [-0.25, -0.2) is 8.42 Å². The van der Waals surface area contributed by atoms with Crippen LogP contribution in [0.2, 0.25) is 0 Å². The Morgan fingerprint density at radius 1 is 1.03 bits per heavy atom. The SMILES string of the molecule is COc1ccc(C[C@@H](NC(=O)C[C@@H]2CCS(=O)(=O)C2)c2ccc(OC)cc2)cc1. The van der Waals surface area contributed by atoms with Gasteiger partial charge in [-0.05, 0) is 54.2 Å². The van der Waals surface area contributed by atoms with Crippen molar-refractivity contribution in [2.75, 3.05) is 25.7 Å². The van der Waals surface area contributed by atoms with Crippen molar-refractivity contribution in [3.63, 3.8) is 0 Å². The number of benzene rings is 2. The Hall–Kier alpha value is -2.54. The van der Waals surface area contributed by atoms with Gasteiger partial charge in [-0.3, -0.25) is 4.79 Å². The first-order chi connectivity index (χ1) is 13.9. The maximum Gasteiger partial charge on any atom is 0.220 e. The average Bonchev–Trinajstić information content (AvgIpc) is 3.06. The summed E-state index contributed by atoms with van der Waals surface area (Å²) in [5.74, 6) is 1.59. The van der Waals surface area contributed by atoms with E-state index in [0.29, 0.717) is 12.8 Å². The molecule has 29 heavy (non-hydrogen) atoms. The minimum absolute atomic E-state index is 0.0995. The summed E-state index contributed by atoms with van der Waals surface area (Å²) in [5.41, 5.74) is 2.03. The van der Waals surface area contributed by atoms with Crippen LogP contribution in [0.1, 0.15) is 30.0 Å². The number of hydrogen-bond donors (Lipinski definition) is 1. The Kier molecular flexibility index (Phi) is 6.79. The van der Waals surface area contributed by atoms with E-state index in [1.165, 1.54) is 0 Å². The molecule has 0 unspecified atom stereocenters. The second-order valence-electron chi connectivity index (χ2n) is 7.42. The quantitative estimate of drug-likeness (QED) is 0.714. The van der Waals surface area contributed by atoms with Crippen LogP contribution in [0.25, 0.3) is 0 Å². The van der Waals surface area contributed by atoms with Gasteiger partial charge in [0.25, 0.3) is 0 Å². The normalized spacial score (nSPS) is 18.8. The number of carbonyl (C=O) groups excluding carboxylic acids is 1. The lowest BCUT2D eigenvalue weighted by Crippen LogP contribution is -2.31. The number of rotatable bonds is 8. The molecule has 0 spiro atoms. The van der Waals surface area contributed by atoms with Crippen molar-refractivity contribution < 1.29 is 22.7 Å². The third-order valence-electron chi connectivity index (χ3n) is 5.25. The maximum absolute atomic E-state index is 12.7. The second-order valence-corrected chi connectivity index (χ2v) is 9.65. The number of sulfone groups is 1. The smallest absolute Gasteiger partial charge is 0.220 e. The molecule has 156 valence electrons. The van der Waals surface area contributed by atoms with Crippen LogP contribution in [0.3, 0.4) is 0 Å². The van der Waals surface area contributed by atoms with E-state index in [1.807, 2.05) is 48.5 Å². The summed E-state index contributed by atoms with van der Waals surface area (Å²) in [6.45, 7) is 0. The lowest BCUT2D eigenvalue weighted by molar-refractivity contribution is -0.122. The molecule has 7 heteroatoms. The van der Waals surface area contributed by atoms with Gasteiger partial charge in [-0.2, -0.15) is 0 Å². The fourth-order valence-corrected chi connectivity index (χ4v) is 5.50. The van der Waals surface area contributed by atoms with Crippen molar-refractivity contribution in [1.29, 1.82) is 0 Å². The lowest BCUT2D eigenvalue weighted by Gasteiger charge is -2.21. The third kappa shape index (κ3) is 5.97. The first-order valence-electron chi connectivity index (χ1n) is 9.65. The highest BCUT2D eigenvalue weighted by Gasteiger charge is 2.30. The molecule has 0 saturated carbocycles. The molecule has 0 aromatic heterocycles. The van der Waals surface area contributed by atoms with Gasteiger partial charge in [0, 0.05) is 6.42 Å². The van der Waals surface area contributed by atoms with Gasteiger partial charge >= 0.3 is 0 Å². The molecule has 2 aromatic carbocycles. The molecule has 0 radical (unpaired) electrons.